The first-order valence-corrected chi connectivity index (χ1v) is 8.61. The molecular weight excluding hydrogens is 383 g/mol. The van der Waals surface area contributed by atoms with Crippen LogP contribution in [-0.4, -0.2) is 16.1 Å². The van der Waals surface area contributed by atoms with Crippen molar-refractivity contribution in [2.24, 2.45) is 5.10 Å². The van der Waals surface area contributed by atoms with E-state index in [1.54, 1.807) is 24.3 Å². The molecule has 1 aromatic heterocycles. The molecule has 0 radical (unpaired) electrons. The molecular formula is C16H10Cl2N4O2S. The number of hydrogen-bond acceptors (Lipinski definition) is 6. The predicted octanol–water partition coefficient (Wildman–Crippen LogP) is 5.47. The largest absolute Gasteiger partial charge is 0.270 e. The number of halogens is 2. The number of rotatable bonds is 5. The van der Waals surface area contributed by atoms with Gasteiger partial charge < -0.3 is 0 Å². The lowest BCUT2D eigenvalue weighted by Crippen LogP contribution is -1.92. The highest BCUT2D eigenvalue weighted by Gasteiger charge is 2.07. The van der Waals surface area contributed by atoms with Gasteiger partial charge in [0, 0.05) is 28.6 Å². The topological polar surface area (TPSA) is 80.4 Å². The van der Waals surface area contributed by atoms with Gasteiger partial charge in [0.2, 0.25) is 5.13 Å². The number of benzene rings is 2. The zero-order valence-corrected chi connectivity index (χ0v) is 14.8. The lowest BCUT2D eigenvalue weighted by molar-refractivity contribution is -0.384. The number of aromatic nitrogens is 1. The number of hydrazone groups is 1. The molecule has 0 aliphatic carbocycles. The second-order valence-electron chi connectivity index (χ2n) is 4.89. The monoisotopic (exact) mass is 392 g/mol. The van der Waals surface area contributed by atoms with E-state index in [0.29, 0.717) is 20.7 Å². The molecule has 0 aliphatic heterocycles. The molecule has 0 saturated heterocycles. The fraction of sp³-hybridized carbons (Fsp3) is 0. The van der Waals surface area contributed by atoms with Crippen molar-refractivity contribution in [3.8, 4) is 11.3 Å². The first-order chi connectivity index (χ1) is 12.0. The van der Waals surface area contributed by atoms with Crippen molar-refractivity contribution in [3.63, 3.8) is 0 Å². The summed E-state index contributed by atoms with van der Waals surface area (Å²) in [5, 5.41) is 18.2. The molecule has 0 saturated carbocycles. The van der Waals surface area contributed by atoms with Gasteiger partial charge in [-0.15, -0.1) is 11.3 Å². The Labute approximate surface area is 156 Å². The molecule has 6 nitrogen and oxygen atoms in total. The molecule has 25 heavy (non-hydrogen) atoms. The number of hydrogen-bond donors (Lipinski definition) is 1. The molecule has 0 fully saturated rings. The maximum atomic E-state index is 10.8. The maximum absolute atomic E-state index is 10.8. The third kappa shape index (κ3) is 4.33. The van der Waals surface area contributed by atoms with Crippen LogP contribution in [0, 0.1) is 10.1 Å². The fourth-order valence-corrected chi connectivity index (χ4v) is 2.96. The van der Waals surface area contributed by atoms with Gasteiger partial charge >= 0.3 is 0 Å². The minimum absolute atomic E-state index is 0.0140. The first-order valence-electron chi connectivity index (χ1n) is 6.97. The van der Waals surface area contributed by atoms with Gasteiger partial charge in [0.05, 0.1) is 26.9 Å². The van der Waals surface area contributed by atoms with Gasteiger partial charge in [-0.2, -0.15) is 5.10 Å². The molecule has 0 atom stereocenters. The minimum atomic E-state index is -0.449. The second kappa shape index (κ2) is 7.60. The van der Waals surface area contributed by atoms with Gasteiger partial charge in [-0.05, 0) is 12.1 Å². The Morgan fingerprint density at radius 3 is 2.80 bits per heavy atom. The highest BCUT2D eigenvalue weighted by molar-refractivity contribution is 7.14. The minimum Gasteiger partial charge on any atom is -0.258 e. The van der Waals surface area contributed by atoms with Crippen LogP contribution in [0.25, 0.3) is 11.3 Å². The van der Waals surface area contributed by atoms with Crippen molar-refractivity contribution in [3.05, 3.63) is 73.6 Å². The molecule has 0 spiro atoms. The molecule has 9 heteroatoms. The summed E-state index contributed by atoms with van der Waals surface area (Å²) in [6.45, 7) is 0. The highest BCUT2D eigenvalue weighted by Crippen LogP contribution is 2.30. The quantitative estimate of drug-likeness (QED) is 0.354. The Morgan fingerprint density at radius 2 is 2.04 bits per heavy atom. The normalized spacial score (nSPS) is 11.0. The fourth-order valence-electron chi connectivity index (χ4n) is 1.99. The van der Waals surface area contributed by atoms with Crippen LogP contribution in [0.5, 0.6) is 0 Å². The van der Waals surface area contributed by atoms with E-state index in [-0.39, 0.29) is 5.69 Å². The van der Waals surface area contributed by atoms with Crippen molar-refractivity contribution >= 4 is 51.6 Å². The SMILES string of the molecule is O=[N+]([O-])c1cccc(/C=N\Nc2nc(-c3ccc(Cl)c(Cl)c3)cs2)c1. The van der Waals surface area contributed by atoms with E-state index in [9.17, 15) is 10.1 Å². The Morgan fingerprint density at radius 1 is 1.20 bits per heavy atom. The van der Waals surface area contributed by atoms with Crippen molar-refractivity contribution < 1.29 is 4.92 Å². The highest BCUT2D eigenvalue weighted by atomic mass is 35.5. The van der Waals surface area contributed by atoms with E-state index in [2.05, 4.69) is 15.5 Å². The van der Waals surface area contributed by atoms with Gasteiger partial charge in [0.15, 0.2) is 0 Å². The van der Waals surface area contributed by atoms with Gasteiger partial charge in [0.1, 0.15) is 0 Å². The summed E-state index contributed by atoms with van der Waals surface area (Å²) in [4.78, 5) is 14.7. The van der Waals surface area contributed by atoms with Crippen LogP contribution in [-0.2, 0) is 0 Å². The van der Waals surface area contributed by atoms with E-state index >= 15 is 0 Å². The molecule has 0 unspecified atom stereocenters. The molecule has 2 aromatic carbocycles. The van der Waals surface area contributed by atoms with Crippen LogP contribution in [0.3, 0.4) is 0 Å². The zero-order chi connectivity index (χ0) is 17.8. The van der Waals surface area contributed by atoms with Gasteiger partial charge in [0.25, 0.3) is 5.69 Å². The first kappa shape index (κ1) is 17.3. The second-order valence-corrected chi connectivity index (χ2v) is 6.56. The van der Waals surface area contributed by atoms with Crippen LogP contribution in [0.4, 0.5) is 10.8 Å². The van der Waals surface area contributed by atoms with Gasteiger partial charge in [-0.1, -0.05) is 41.4 Å². The number of thiazole rings is 1. The third-order valence-corrected chi connectivity index (χ3v) is 4.66. The number of nitrogens with one attached hydrogen (secondary N) is 1. The summed E-state index contributed by atoms with van der Waals surface area (Å²) in [6.07, 6.45) is 1.49. The van der Waals surface area contributed by atoms with E-state index in [1.165, 1.54) is 29.7 Å². The molecule has 1 heterocycles. The number of anilines is 1. The Hall–Kier alpha value is -2.48. The van der Waals surface area contributed by atoms with Crippen molar-refractivity contribution in [1.29, 1.82) is 0 Å². The summed E-state index contributed by atoms with van der Waals surface area (Å²) in [6, 6.07) is 11.5. The van der Waals surface area contributed by atoms with Gasteiger partial charge in [-0.25, -0.2) is 4.98 Å². The van der Waals surface area contributed by atoms with Crippen LogP contribution < -0.4 is 5.43 Å². The van der Waals surface area contributed by atoms with E-state index < -0.39 is 4.92 Å². The van der Waals surface area contributed by atoms with Gasteiger partial charge in [-0.3, -0.25) is 15.5 Å². The van der Waals surface area contributed by atoms with Crippen LogP contribution >= 0.6 is 34.5 Å². The van der Waals surface area contributed by atoms with E-state index in [4.69, 9.17) is 23.2 Å². The van der Waals surface area contributed by atoms with Crippen molar-refractivity contribution in [1.82, 2.24) is 4.98 Å². The molecule has 126 valence electrons. The molecule has 1 N–H and O–H groups in total. The number of nitro benzene ring substituents is 1. The predicted molar refractivity (Wildman–Crippen MR) is 102 cm³/mol. The average Bonchev–Trinajstić information content (AvgIpc) is 3.06. The smallest absolute Gasteiger partial charge is 0.258 e. The summed E-state index contributed by atoms with van der Waals surface area (Å²) in [7, 11) is 0. The van der Waals surface area contributed by atoms with Crippen LogP contribution in [0.2, 0.25) is 10.0 Å². The van der Waals surface area contributed by atoms with Crippen LogP contribution in [0.15, 0.2) is 52.9 Å². The number of nitrogens with zero attached hydrogens (tertiary/aromatic N) is 3. The Bertz CT molecular complexity index is 959. The molecule has 0 aliphatic rings. The number of nitro groups is 1. The molecule has 0 bridgehead atoms. The molecule has 0 amide bonds. The Kier molecular flexibility index (Phi) is 5.28. The summed E-state index contributed by atoms with van der Waals surface area (Å²) in [5.41, 5.74) is 5.03. The zero-order valence-electron chi connectivity index (χ0n) is 12.5. The van der Waals surface area contributed by atoms with E-state index in [1.807, 2.05) is 11.4 Å². The van der Waals surface area contributed by atoms with Crippen molar-refractivity contribution in [2.45, 2.75) is 0 Å². The van der Waals surface area contributed by atoms with E-state index in [0.717, 1.165) is 11.3 Å². The average molecular weight is 393 g/mol. The lowest BCUT2D eigenvalue weighted by Gasteiger charge is -1.99. The van der Waals surface area contributed by atoms with Crippen molar-refractivity contribution in [2.75, 3.05) is 5.43 Å². The molecule has 3 aromatic rings. The van der Waals surface area contributed by atoms with Crippen LogP contribution in [0.1, 0.15) is 5.56 Å². The molecule has 3 rings (SSSR count). The summed E-state index contributed by atoms with van der Waals surface area (Å²) >= 11 is 13.3. The Balaban J connectivity index is 1.70. The maximum Gasteiger partial charge on any atom is 0.270 e. The summed E-state index contributed by atoms with van der Waals surface area (Å²) < 4.78 is 0. The third-order valence-electron chi connectivity index (χ3n) is 3.17. The summed E-state index contributed by atoms with van der Waals surface area (Å²) in [5.74, 6) is 0. The lowest BCUT2D eigenvalue weighted by atomic mass is 10.2. The number of non-ortho nitro benzene ring substituents is 1. The standard InChI is InChI=1S/C16H10Cl2N4O2S/c17-13-5-4-11(7-14(13)18)15-9-25-16(20-15)21-19-8-10-2-1-3-12(6-10)22(23)24/h1-9H,(H,20,21)/b19-8-.